The summed E-state index contributed by atoms with van der Waals surface area (Å²) >= 11 is 5.85. The molecule has 0 aliphatic carbocycles. The molecule has 0 aliphatic heterocycles. The molecule has 0 bridgehead atoms. The number of benzene rings is 1. The first-order valence-corrected chi connectivity index (χ1v) is 6.60. The number of carbonyl (C=O) groups is 2. The first-order chi connectivity index (χ1) is 9.34. The number of ether oxygens (including phenoxy) is 1. The molecular weight excluding hydrogens is 282 g/mol. The Bertz CT molecular complexity index is 488. The van der Waals surface area contributed by atoms with E-state index in [1.165, 1.54) is 0 Å². The van der Waals surface area contributed by atoms with E-state index in [1.54, 1.807) is 32.0 Å². The second-order valence-corrected chi connectivity index (χ2v) is 5.50. The summed E-state index contributed by atoms with van der Waals surface area (Å²) in [6, 6.07) is 4.81. The predicted octanol–water partition coefficient (Wildman–Crippen LogP) is 3.36. The zero-order valence-electron chi connectivity index (χ0n) is 11.5. The molecule has 0 radical (unpaired) electrons. The van der Waals surface area contributed by atoms with Crippen LogP contribution in [0.25, 0.3) is 0 Å². The number of amides is 1. The third-order valence-electron chi connectivity index (χ3n) is 2.75. The first kappa shape index (κ1) is 16.3. The Morgan fingerprint density at radius 2 is 2.20 bits per heavy atom. The lowest BCUT2D eigenvalue weighted by molar-refractivity contribution is 0.111. The average Bonchev–Trinajstić information content (AvgIpc) is 2.33. The van der Waals surface area contributed by atoms with Gasteiger partial charge < -0.3 is 15.2 Å². The summed E-state index contributed by atoms with van der Waals surface area (Å²) in [6.07, 6.45) is 0.935. The molecule has 0 atom stereocenters. The smallest absolute Gasteiger partial charge is 0.405 e. The van der Waals surface area contributed by atoms with Gasteiger partial charge in [0.15, 0.2) is 6.29 Å². The lowest BCUT2D eigenvalue weighted by Gasteiger charge is -2.24. The number of carbonyl (C=O) groups excluding carboxylic acids is 1. The second-order valence-electron chi connectivity index (χ2n) is 5.07. The molecule has 110 valence electrons. The number of hydrogen-bond donors (Lipinski definition) is 2. The molecule has 2 N–H and O–H groups in total. The Hall–Kier alpha value is -1.75. The van der Waals surface area contributed by atoms with Crippen LogP contribution in [0.15, 0.2) is 18.2 Å². The van der Waals surface area contributed by atoms with Gasteiger partial charge in [0.25, 0.3) is 0 Å². The Balaban J connectivity index is 2.47. The molecule has 0 unspecified atom stereocenters. The van der Waals surface area contributed by atoms with E-state index in [2.05, 4.69) is 5.32 Å². The highest BCUT2D eigenvalue weighted by atomic mass is 35.5. The SMILES string of the molecule is CC(C)(CCCOc1cc(Cl)ccc1C=O)NC(=O)O. The zero-order valence-corrected chi connectivity index (χ0v) is 12.2. The molecule has 20 heavy (non-hydrogen) atoms. The Kier molecular flexibility index (Phi) is 5.82. The summed E-state index contributed by atoms with van der Waals surface area (Å²) in [7, 11) is 0. The van der Waals surface area contributed by atoms with Crippen LogP contribution in [-0.2, 0) is 0 Å². The number of nitrogens with one attached hydrogen (secondary N) is 1. The van der Waals surface area contributed by atoms with E-state index in [1.807, 2.05) is 0 Å². The van der Waals surface area contributed by atoms with E-state index in [0.717, 1.165) is 0 Å². The lowest BCUT2D eigenvalue weighted by atomic mass is 9.99. The minimum absolute atomic E-state index is 0.381. The maximum atomic E-state index is 10.9. The molecule has 0 heterocycles. The second kappa shape index (κ2) is 7.14. The highest BCUT2D eigenvalue weighted by molar-refractivity contribution is 6.30. The Morgan fingerprint density at radius 1 is 1.50 bits per heavy atom. The van der Waals surface area contributed by atoms with Crippen molar-refractivity contribution in [3.05, 3.63) is 28.8 Å². The number of carboxylic acid groups (broad SMARTS) is 1. The van der Waals surface area contributed by atoms with Crippen LogP contribution in [0, 0.1) is 0 Å². The summed E-state index contributed by atoms with van der Waals surface area (Å²) in [4.78, 5) is 21.4. The van der Waals surface area contributed by atoms with Gasteiger partial charge in [-0.15, -0.1) is 0 Å². The Labute approximate surface area is 122 Å². The van der Waals surface area contributed by atoms with Crippen molar-refractivity contribution in [1.29, 1.82) is 0 Å². The van der Waals surface area contributed by atoms with Gasteiger partial charge in [-0.3, -0.25) is 4.79 Å². The average molecular weight is 300 g/mol. The molecule has 0 fully saturated rings. The molecule has 1 amide bonds. The summed E-state index contributed by atoms with van der Waals surface area (Å²) in [5, 5.41) is 11.6. The van der Waals surface area contributed by atoms with Crippen LogP contribution in [0.2, 0.25) is 5.02 Å². The molecule has 0 saturated heterocycles. The van der Waals surface area contributed by atoms with Gasteiger partial charge in [-0.25, -0.2) is 4.79 Å². The van der Waals surface area contributed by atoms with Crippen LogP contribution in [0.4, 0.5) is 4.79 Å². The number of halogens is 1. The topological polar surface area (TPSA) is 75.6 Å². The van der Waals surface area contributed by atoms with Gasteiger partial charge >= 0.3 is 6.09 Å². The highest BCUT2D eigenvalue weighted by Gasteiger charge is 2.19. The third-order valence-corrected chi connectivity index (χ3v) is 2.99. The molecule has 0 aromatic heterocycles. The van der Waals surface area contributed by atoms with Crippen LogP contribution in [-0.4, -0.2) is 29.6 Å². The first-order valence-electron chi connectivity index (χ1n) is 6.23. The van der Waals surface area contributed by atoms with Crippen molar-refractivity contribution in [1.82, 2.24) is 5.32 Å². The van der Waals surface area contributed by atoms with Crippen molar-refractivity contribution < 1.29 is 19.4 Å². The quantitative estimate of drug-likeness (QED) is 0.598. The van der Waals surface area contributed by atoms with Crippen molar-refractivity contribution in [3.8, 4) is 5.75 Å². The molecule has 1 aromatic rings. The van der Waals surface area contributed by atoms with Crippen LogP contribution < -0.4 is 10.1 Å². The van der Waals surface area contributed by atoms with Crippen LogP contribution in [0.1, 0.15) is 37.0 Å². The summed E-state index contributed by atoms with van der Waals surface area (Å²) in [5.41, 5.74) is -0.0749. The minimum atomic E-state index is -1.05. The summed E-state index contributed by atoms with van der Waals surface area (Å²) in [5.74, 6) is 0.441. The molecule has 0 spiro atoms. The molecule has 1 aromatic carbocycles. The monoisotopic (exact) mass is 299 g/mol. The lowest BCUT2D eigenvalue weighted by Crippen LogP contribution is -2.42. The fourth-order valence-electron chi connectivity index (χ4n) is 1.78. The van der Waals surface area contributed by atoms with Gasteiger partial charge in [-0.1, -0.05) is 11.6 Å². The molecule has 0 saturated carbocycles. The van der Waals surface area contributed by atoms with E-state index in [4.69, 9.17) is 21.4 Å². The van der Waals surface area contributed by atoms with Crippen molar-refractivity contribution in [2.45, 2.75) is 32.2 Å². The molecule has 5 nitrogen and oxygen atoms in total. The van der Waals surface area contributed by atoms with Crippen molar-refractivity contribution >= 4 is 24.0 Å². The largest absolute Gasteiger partial charge is 0.493 e. The highest BCUT2D eigenvalue weighted by Crippen LogP contribution is 2.22. The number of aldehydes is 1. The number of hydrogen-bond acceptors (Lipinski definition) is 3. The third kappa shape index (κ3) is 5.48. The van der Waals surface area contributed by atoms with Gasteiger partial charge in [0.1, 0.15) is 5.75 Å². The summed E-state index contributed by atoms with van der Waals surface area (Å²) in [6.45, 7) is 3.99. The van der Waals surface area contributed by atoms with E-state index in [9.17, 15) is 9.59 Å². The van der Waals surface area contributed by atoms with Crippen molar-refractivity contribution in [2.75, 3.05) is 6.61 Å². The standard InChI is InChI=1S/C14H18ClNO4/c1-14(2,16-13(18)19)6-3-7-20-12-8-11(15)5-4-10(12)9-17/h4-5,8-9,16H,3,6-7H2,1-2H3,(H,18,19). The van der Waals surface area contributed by atoms with Crippen LogP contribution in [0.5, 0.6) is 5.75 Å². The Morgan fingerprint density at radius 3 is 2.80 bits per heavy atom. The fraction of sp³-hybridized carbons (Fsp3) is 0.429. The minimum Gasteiger partial charge on any atom is -0.493 e. The fourth-order valence-corrected chi connectivity index (χ4v) is 1.94. The van der Waals surface area contributed by atoms with Gasteiger partial charge in [-0.2, -0.15) is 0 Å². The van der Waals surface area contributed by atoms with E-state index >= 15 is 0 Å². The number of rotatable bonds is 7. The molecular formula is C14H18ClNO4. The predicted molar refractivity (Wildman–Crippen MR) is 76.8 cm³/mol. The van der Waals surface area contributed by atoms with Crippen molar-refractivity contribution in [2.24, 2.45) is 0 Å². The van der Waals surface area contributed by atoms with E-state index in [-0.39, 0.29) is 0 Å². The van der Waals surface area contributed by atoms with Gasteiger partial charge in [0.05, 0.1) is 12.2 Å². The van der Waals surface area contributed by atoms with Crippen molar-refractivity contribution in [3.63, 3.8) is 0 Å². The maximum Gasteiger partial charge on any atom is 0.405 e. The van der Waals surface area contributed by atoms with E-state index < -0.39 is 11.6 Å². The normalized spacial score (nSPS) is 10.9. The zero-order chi connectivity index (χ0) is 15.2. The van der Waals surface area contributed by atoms with Gasteiger partial charge in [-0.05, 0) is 44.9 Å². The van der Waals surface area contributed by atoms with Crippen LogP contribution >= 0.6 is 11.6 Å². The van der Waals surface area contributed by atoms with Gasteiger partial charge in [0, 0.05) is 10.6 Å². The molecule has 1 rings (SSSR count). The molecule has 6 heteroatoms. The van der Waals surface area contributed by atoms with Gasteiger partial charge in [0.2, 0.25) is 0 Å². The maximum absolute atomic E-state index is 10.9. The summed E-state index contributed by atoms with van der Waals surface area (Å²) < 4.78 is 5.52. The van der Waals surface area contributed by atoms with E-state index in [0.29, 0.717) is 42.1 Å². The molecule has 0 aliphatic rings. The van der Waals surface area contributed by atoms with Crippen LogP contribution in [0.3, 0.4) is 0 Å².